The van der Waals surface area contributed by atoms with Crippen molar-refractivity contribution in [3.8, 4) is 0 Å². The number of urea groups is 1. The molecule has 4 nitrogen and oxygen atoms in total. The summed E-state index contributed by atoms with van der Waals surface area (Å²) in [6, 6.07) is 7.24. The molecule has 1 heterocycles. The number of anilines is 2. The van der Waals surface area contributed by atoms with E-state index in [2.05, 4.69) is 5.32 Å². The van der Waals surface area contributed by atoms with Gasteiger partial charge in [-0.15, -0.1) is 12.4 Å². The van der Waals surface area contributed by atoms with Crippen molar-refractivity contribution in [2.75, 3.05) is 23.7 Å². The molecule has 2 amide bonds. The van der Waals surface area contributed by atoms with Gasteiger partial charge in [0.25, 0.3) is 0 Å². The van der Waals surface area contributed by atoms with Gasteiger partial charge in [0.1, 0.15) is 0 Å². The van der Waals surface area contributed by atoms with Gasteiger partial charge in [0, 0.05) is 24.5 Å². The lowest BCUT2D eigenvalue weighted by Crippen LogP contribution is -2.27. The molecule has 0 bridgehead atoms. The van der Waals surface area contributed by atoms with Crippen LogP contribution >= 0.6 is 12.4 Å². The minimum absolute atomic E-state index is 0. The van der Waals surface area contributed by atoms with Crippen LogP contribution in [0.3, 0.4) is 0 Å². The molecule has 1 fully saturated rings. The van der Waals surface area contributed by atoms with E-state index in [0.717, 1.165) is 12.2 Å². The Morgan fingerprint density at radius 1 is 1.29 bits per heavy atom. The van der Waals surface area contributed by atoms with Crippen molar-refractivity contribution in [1.29, 1.82) is 0 Å². The fraction of sp³-hybridized carbons (Fsp3) is 0.222. The Labute approximate surface area is 88.5 Å². The number of halogens is 1. The first-order chi connectivity index (χ1) is 6.27. The largest absolute Gasteiger partial charge is 0.399 e. The lowest BCUT2D eigenvalue weighted by atomic mass is 10.2. The van der Waals surface area contributed by atoms with Gasteiger partial charge in [-0.25, -0.2) is 4.79 Å². The summed E-state index contributed by atoms with van der Waals surface area (Å²) in [6.45, 7) is 1.44. The Hall–Kier alpha value is -1.42. The van der Waals surface area contributed by atoms with Gasteiger partial charge in [0.05, 0.1) is 0 Å². The van der Waals surface area contributed by atoms with E-state index in [4.69, 9.17) is 5.73 Å². The van der Waals surface area contributed by atoms with Crippen molar-refractivity contribution >= 4 is 29.8 Å². The van der Waals surface area contributed by atoms with E-state index in [-0.39, 0.29) is 18.4 Å². The van der Waals surface area contributed by atoms with Crippen LogP contribution in [0.15, 0.2) is 24.3 Å². The molecule has 0 spiro atoms. The molecule has 0 radical (unpaired) electrons. The van der Waals surface area contributed by atoms with E-state index in [0.29, 0.717) is 12.2 Å². The highest BCUT2D eigenvalue weighted by Crippen LogP contribution is 2.17. The second kappa shape index (κ2) is 4.19. The highest BCUT2D eigenvalue weighted by Gasteiger charge is 2.20. The van der Waals surface area contributed by atoms with Crippen LogP contribution in [0.25, 0.3) is 0 Å². The van der Waals surface area contributed by atoms with E-state index in [1.165, 1.54) is 0 Å². The minimum atomic E-state index is -0.0372. The van der Waals surface area contributed by atoms with Crippen LogP contribution in [0.2, 0.25) is 0 Å². The molecular formula is C9H12ClN3O. The van der Waals surface area contributed by atoms with E-state index >= 15 is 0 Å². The van der Waals surface area contributed by atoms with E-state index in [1.807, 2.05) is 12.1 Å². The average Bonchev–Trinajstić information content (AvgIpc) is 2.53. The fourth-order valence-electron chi connectivity index (χ4n) is 1.37. The predicted octanol–water partition coefficient (Wildman–Crippen LogP) is 1.22. The Morgan fingerprint density at radius 2 is 1.93 bits per heavy atom. The SMILES string of the molecule is Cl.Nc1ccc(N2CCNC2=O)cc1. The zero-order valence-corrected chi connectivity index (χ0v) is 8.38. The van der Waals surface area contributed by atoms with Gasteiger partial charge in [-0.05, 0) is 24.3 Å². The number of nitrogens with one attached hydrogen (secondary N) is 1. The van der Waals surface area contributed by atoms with E-state index < -0.39 is 0 Å². The molecule has 14 heavy (non-hydrogen) atoms. The lowest BCUT2D eigenvalue weighted by molar-refractivity contribution is 0.252. The Kier molecular flexibility index (Phi) is 3.19. The first kappa shape index (κ1) is 10.7. The molecule has 1 aromatic carbocycles. The first-order valence-corrected chi connectivity index (χ1v) is 4.18. The third-order valence-corrected chi connectivity index (χ3v) is 2.06. The van der Waals surface area contributed by atoms with Crippen LogP contribution in [0.1, 0.15) is 0 Å². The van der Waals surface area contributed by atoms with Crippen LogP contribution in [0.4, 0.5) is 16.2 Å². The molecule has 1 aromatic rings. The molecule has 1 saturated heterocycles. The zero-order valence-electron chi connectivity index (χ0n) is 7.56. The monoisotopic (exact) mass is 213 g/mol. The number of amides is 2. The maximum absolute atomic E-state index is 11.2. The third kappa shape index (κ3) is 1.90. The maximum Gasteiger partial charge on any atom is 0.321 e. The summed E-state index contributed by atoms with van der Waals surface area (Å²) in [5.41, 5.74) is 7.15. The first-order valence-electron chi connectivity index (χ1n) is 4.18. The number of carbonyl (C=O) groups is 1. The highest BCUT2D eigenvalue weighted by molar-refractivity contribution is 5.94. The van der Waals surface area contributed by atoms with Crippen LogP contribution < -0.4 is 16.0 Å². The summed E-state index contributed by atoms with van der Waals surface area (Å²) in [4.78, 5) is 12.9. The predicted molar refractivity (Wildman–Crippen MR) is 58.8 cm³/mol. The molecule has 0 saturated carbocycles. The Morgan fingerprint density at radius 3 is 2.43 bits per heavy atom. The quantitative estimate of drug-likeness (QED) is 0.690. The smallest absolute Gasteiger partial charge is 0.321 e. The molecule has 2 rings (SSSR count). The summed E-state index contributed by atoms with van der Waals surface area (Å²) in [6.07, 6.45) is 0. The van der Waals surface area contributed by atoms with Crippen molar-refractivity contribution < 1.29 is 4.79 Å². The van der Waals surface area contributed by atoms with Gasteiger partial charge >= 0.3 is 6.03 Å². The van der Waals surface area contributed by atoms with Gasteiger partial charge in [-0.2, -0.15) is 0 Å². The highest BCUT2D eigenvalue weighted by atomic mass is 35.5. The van der Waals surface area contributed by atoms with Crippen LogP contribution in [0.5, 0.6) is 0 Å². The molecule has 3 N–H and O–H groups in total. The summed E-state index contributed by atoms with van der Waals surface area (Å²) in [5, 5.41) is 2.74. The molecule has 0 aliphatic carbocycles. The van der Waals surface area contributed by atoms with Gasteiger partial charge in [0.15, 0.2) is 0 Å². The molecule has 0 unspecified atom stereocenters. The Balaban J connectivity index is 0.000000980. The number of carbonyl (C=O) groups excluding carboxylic acids is 1. The van der Waals surface area contributed by atoms with Crippen molar-refractivity contribution in [1.82, 2.24) is 5.32 Å². The number of nitrogens with two attached hydrogens (primary N) is 1. The number of hydrogen-bond donors (Lipinski definition) is 2. The second-order valence-corrected chi connectivity index (χ2v) is 2.98. The van der Waals surface area contributed by atoms with Gasteiger partial charge in [-0.1, -0.05) is 0 Å². The van der Waals surface area contributed by atoms with Crippen LogP contribution in [0, 0.1) is 0 Å². The van der Waals surface area contributed by atoms with E-state index in [9.17, 15) is 4.79 Å². The van der Waals surface area contributed by atoms with Crippen molar-refractivity contribution in [3.05, 3.63) is 24.3 Å². The summed E-state index contributed by atoms with van der Waals surface area (Å²) >= 11 is 0. The molecule has 1 aliphatic heterocycles. The zero-order chi connectivity index (χ0) is 9.26. The number of rotatable bonds is 1. The number of nitrogens with zero attached hydrogens (tertiary/aromatic N) is 1. The Bertz CT molecular complexity index is 325. The normalized spacial score (nSPS) is 14.9. The average molecular weight is 214 g/mol. The van der Waals surface area contributed by atoms with Crippen molar-refractivity contribution in [3.63, 3.8) is 0 Å². The standard InChI is InChI=1S/C9H11N3O.ClH/c10-7-1-3-8(4-2-7)12-6-5-11-9(12)13;/h1-4H,5-6,10H2,(H,11,13);1H. The van der Waals surface area contributed by atoms with Gasteiger partial charge < -0.3 is 11.1 Å². The third-order valence-electron chi connectivity index (χ3n) is 2.06. The topological polar surface area (TPSA) is 58.4 Å². The van der Waals surface area contributed by atoms with Crippen molar-refractivity contribution in [2.45, 2.75) is 0 Å². The summed E-state index contributed by atoms with van der Waals surface area (Å²) < 4.78 is 0. The fourth-order valence-corrected chi connectivity index (χ4v) is 1.37. The molecule has 5 heteroatoms. The molecular weight excluding hydrogens is 202 g/mol. The summed E-state index contributed by atoms with van der Waals surface area (Å²) in [5.74, 6) is 0. The molecule has 76 valence electrons. The number of hydrogen-bond acceptors (Lipinski definition) is 2. The van der Waals surface area contributed by atoms with Crippen LogP contribution in [-0.4, -0.2) is 19.1 Å². The van der Waals surface area contributed by atoms with Gasteiger partial charge in [-0.3, -0.25) is 4.90 Å². The lowest BCUT2D eigenvalue weighted by Gasteiger charge is -2.13. The second-order valence-electron chi connectivity index (χ2n) is 2.98. The van der Waals surface area contributed by atoms with E-state index in [1.54, 1.807) is 17.0 Å². The molecule has 0 aromatic heterocycles. The van der Waals surface area contributed by atoms with Gasteiger partial charge in [0.2, 0.25) is 0 Å². The molecule has 0 atom stereocenters. The van der Waals surface area contributed by atoms with Crippen LogP contribution in [-0.2, 0) is 0 Å². The summed E-state index contributed by atoms with van der Waals surface area (Å²) in [7, 11) is 0. The van der Waals surface area contributed by atoms with Crippen molar-refractivity contribution in [2.24, 2.45) is 0 Å². The minimum Gasteiger partial charge on any atom is -0.399 e. The number of nitrogen functional groups attached to an aromatic ring is 1. The molecule has 1 aliphatic rings. The maximum atomic E-state index is 11.2. The number of benzene rings is 1.